The Morgan fingerprint density at radius 1 is 1.44 bits per heavy atom. The molecule has 0 aromatic heterocycles. The summed E-state index contributed by atoms with van der Waals surface area (Å²) < 4.78 is 0. The summed E-state index contributed by atoms with van der Waals surface area (Å²) in [5.41, 5.74) is 1.53. The highest BCUT2D eigenvalue weighted by molar-refractivity contribution is 5.03. The maximum Gasteiger partial charge on any atom is 0.0610 e. The van der Waals surface area contributed by atoms with E-state index in [0.717, 1.165) is 18.4 Å². The summed E-state index contributed by atoms with van der Waals surface area (Å²) in [5.74, 6) is 0.347. The molecule has 1 nitrogen and oxygen atoms in total. The molecule has 1 saturated carbocycles. The highest BCUT2D eigenvalue weighted by atomic mass is 16.3. The fraction of sp³-hybridized carbons (Fsp3) is 0.867. The molecule has 1 aliphatic carbocycles. The number of hydrogen-bond acceptors (Lipinski definition) is 1. The maximum absolute atomic E-state index is 10.2. The fourth-order valence-electron chi connectivity index (χ4n) is 3.05. The van der Waals surface area contributed by atoms with Gasteiger partial charge in [-0.15, -0.1) is 0 Å². The second kappa shape index (κ2) is 5.86. The van der Waals surface area contributed by atoms with Crippen molar-refractivity contribution in [2.24, 2.45) is 11.3 Å². The Balaban J connectivity index is 2.45. The molecule has 1 heteroatoms. The Kier molecular flexibility index (Phi) is 5.04. The van der Waals surface area contributed by atoms with E-state index in [1.807, 2.05) is 6.92 Å². The largest absolute Gasteiger partial charge is 0.392 e. The third-order valence-electron chi connectivity index (χ3n) is 4.24. The van der Waals surface area contributed by atoms with Crippen LogP contribution in [0.25, 0.3) is 0 Å². The van der Waals surface area contributed by atoms with Crippen LogP contribution < -0.4 is 0 Å². The van der Waals surface area contributed by atoms with Crippen molar-refractivity contribution in [2.75, 3.05) is 0 Å². The summed E-state index contributed by atoms with van der Waals surface area (Å²) in [5, 5.41) is 10.2. The third-order valence-corrected chi connectivity index (χ3v) is 4.24. The van der Waals surface area contributed by atoms with Gasteiger partial charge in [-0.3, -0.25) is 0 Å². The molecule has 3 atom stereocenters. The zero-order chi connectivity index (χ0) is 12.2. The molecule has 94 valence electrons. The van der Waals surface area contributed by atoms with Crippen LogP contribution in [0.1, 0.15) is 65.7 Å². The van der Waals surface area contributed by atoms with Gasteiger partial charge in [-0.2, -0.15) is 0 Å². The second-order valence-electron chi connectivity index (χ2n) is 6.03. The normalized spacial score (nSPS) is 35.0. The highest BCUT2D eigenvalue weighted by Gasteiger charge is 2.36. The first-order valence-electron chi connectivity index (χ1n) is 6.82. The number of aliphatic hydroxyl groups is 1. The molecule has 1 rings (SSSR count). The molecule has 0 aliphatic heterocycles. The molecule has 0 heterocycles. The van der Waals surface area contributed by atoms with Gasteiger partial charge in [0.15, 0.2) is 0 Å². The van der Waals surface area contributed by atoms with Crippen LogP contribution in [-0.4, -0.2) is 11.2 Å². The fourth-order valence-corrected chi connectivity index (χ4v) is 3.05. The summed E-state index contributed by atoms with van der Waals surface area (Å²) in [6.07, 6.45) is 8.40. The van der Waals surface area contributed by atoms with E-state index in [2.05, 4.69) is 20.4 Å². The van der Waals surface area contributed by atoms with Crippen LogP contribution in [0.3, 0.4) is 0 Å². The summed E-state index contributed by atoms with van der Waals surface area (Å²) in [7, 11) is 0. The lowest BCUT2D eigenvalue weighted by atomic mass is 9.66. The maximum atomic E-state index is 10.2. The first kappa shape index (κ1) is 13.8. The standard InChI is InChI=1S/C15H28O/c1-5-6-7-9-15(4)10-8-13(12(2)3)14(16)11-15/h13-14,16H,2,5-11H2,1,3-4H3. The highest BCUT2D eigenvalue weighted by Crippen LogP contribution is 2.44. The molecule has 16 heavy (non-hydrogen) atoms. The van der Waals surface area contributed by atoms with Crippen molar-refractivity contribution in [2.45, 2.75) is 71.8 Å². The third kappa shape index (κ3) is 3.62. The van der Waals surface area contributed by atoms with E-state index in [1.165, 1.54) is 32.1 Å². The molecule has 0 bridgehead atoms. The van der Waals surface area contributed by atoms with Gasteiger partial charge in [0, 0.05) is 5.92 Å². The first-order valence-corrected chi connectivity index (χ1v) is 6.82. The molecule has 0 aromatic carbocycles. The van der Waals surface area contributed by atoms with Crippen molar-refractivity contribution in [1.82, 2.24) is 0 Å². The van der Waals surface area contributed by atoms with E-state index in [1.54, 1.807) is 0 Å². The summed E-state index contributed by atoms with van der Waals surface area (Å²) in [6, 6.07) is 0. The van der Waals surface area contributed by atoms with Crippen LogP contribution in [0.5, 0.6) is 0 Å². The van der Waals surface area contributed by atoms with Crippen LogP contribution in [0.4, 0.5) is 0 Å². The van der Waals surface area contributed by atoms with E-state index in [-0.39, 0.29) is 6.10 Å². The average Bonchev–Trinajstić information content (AvgIpc) is 2.17. The molecule has 0 aromatic rings. The van der Waals surface area contributed by atoms with Gasteiger partial charge < -0.3 is 5.11 Å². The molecule has 0 spiro atoms. The molecule has 1 aliphatic rings. The van der Waals surface area contributed by atoms with Gasteiger partial charge in [0.25, 0.3) is 0 Å². The summed E-state index contributed by atoms with van der Waals surface area (Å²) >= 11 is 0. The number of aliphatic hydroxyl groups excluding tert-OH is 1. The van der Waals surface area contributed by atoms with Crippen LogP contribution in [0.2, 0.25) is 0 Å². The second-order valence-corrected chi connectivity index (χ2v) is 6.03. The molecule has 0 radical (unpaired) electrons. The lowest BCUT2D eigenvalue weighted by Gasteiger charge is -2.41. The number of unbranched alkanes of at least 4 members (excludes halogenated alkanes) is 2. The Morgan fingerprint density at radius 2 is 2.12 bits per heavy atom. The molecule has 0 saturated heterocycles. The van der Waals surface area contributed by atoms with Crippen molar-refractivity contribution >= 4 is 0 Å². The quantitative estimate of drug-likeness (QED) is 0.545. The van der Waals surface area contributed by atoms with Crippen molar-refractivity contribution < 1.29 is 5.11 Å². The van der Waals surface area contributed by atoms with Crippen molar-refractivity contribution in [3.63, 3.8) is 0 Å². The van der Waals surface area contributed by atoms with Gasteiger partial charge in [-0.25, -0.2) is 0 Å². The van der Waals surface area contributed by atoms with E-state index < -0.39 is 0 Å². The smallest absolute Gasteiger partial charge is 0.0610 e. The summed E-state index contributed by atoms with van der Waals surface area (Å²) in [4.78, 5) is 0. The molecular weight excluding hydrogens is 196 g/mol. The van der Waals surface area contributed by atoms with Crippen molar-refractivity contribution in [3.8, 4) is 0 Å². The van der Waals surface area contributed by atoms with Gasteiger partial charge in [0.1, 0.15) is 0 Å². The van der Waals surface area contributed by atoms with Crippen molar-refractivity contribution in [3.05, 3.63) is 12.2 Å². The first-order chi connectivity index (χ1) is 7.48. The van der Waals surface area contributed by atoms with Gasteiger partial charge >= 0.3 is 0 Å². The van der Waals surface area contributed by atoms with E-state index in [0.29, 0.717) is 11.3 Å². The predicted octanol–water partition coefficient (Wildman–Crippen LogP) is 4.31. The van der Waals surface area contributed by atoms with Gasteiger partial charge in [0.2, 0.25) is 0 Å². The minimum absolute atomic E-state index is 0.155. The zero-order valence-corrected chi connectivity index (χ0v) is 11.3. The number of hydrogen-bond donors (Lipinski definition) is 1. The Bertz CT molecular complexity index is 234. The summed E-state index contributed by atoms with van der Waals surface area (Å²) in [6.45, 7) is 10.6. The topological polar surface area (TPSA) is 20.2 Å². The number of rotatable bonds is 5. The minimum atomic E-state index is -0.155. The molecule has 1 fully saturated rings. The van der Waals surface area contributed by atoms with Crippen LogP contribution in [0, 0.1) is 11.3 Å². The van der Waals surface area contributed by atoms with Crippen LogP contribution >= 0.6 is 0 Å². The minimum Gasteiger partial charge on any atom is -0.392 e. The van der Waals surface area contributed by atoms with Crippen LogP contribution in [-0.2, 0) is 0 Å². The van der Waals surface area contributed by atoms with E-state index >= 15 is 0 Å². The Labute approximate surface area is 101 Å². The predicted molar refractivity (Wildman–Crippen MR) is 70.4 cm³/mol. The van der Waals surface area contributed by atoms with Crippen molar-refractivity contribution in [1.29, 1.82) is 0 Å². The molecular formula is C15H28O. The average molecular weight is 224 g/mol. The monoisotopic (exact) mass is 224 g/mol. The molecule has 0 amide bonds. The lowest BCUT2D eigenvalue weighted by molar-refractivity contribution is 0.0171. The van der Waals surface area contributed by atoms with Gasteiger partial charge in [-0.05, 0) is 38.0 Å². The van der Waals surface area contributed by atoms with E-state index in [4.69, 9.17) is 0 Å². The Hall–Kier alpha value is -0.300. The molecule has 1 N–H and O–H groups in total. The molecule has 3 unspecified atom stereocenters. The van der Waals surface area contributed by atoms with Crippen LogP contribution in [0.15, 0.2) is 12.2 Å². The SMILES string of the molecule is C=C(C)C1CCC(C)(CCCCC)CC1O. The lowest BCUT2D eigenvalue weighted by Crippen LogP contribution is -2.35. The zero-order valence-electron chi connectivity index (χ0n) is 11.3. The van der Waals surface area contributed by atoms with Gasteiger partial charge in [-0.1, -0.05) is 45.3 Å². The van der Waals surface area contributed by atoms with E-state index in [9.17, 15) is 5.11 Å². The Morgan fingerprint density at radius 3 is 2.62 bits per heavy atom. The van der Waals surface area contributed by atoms with Gasteiger partial charge in [0.05, 0.1) is 6.10 Å².